The fourth-order valence-electron chi connectivity index (χ4n) is 5.04. The lowest BCUT2D eigenvalue weighted by molar-refractivity contribution is -0.119. The number of rotatable bonds is 9. The van der Waals surface area contributed by atoms with Gasteiger partial charge in [0.25, 0.3) is 11.5 Å². The number of aryl methyl sites for hydroxylation is 2. The van der Waals surface area contributed by atoms with Crippen LogP contribution in [0.25, 0.3) is 22.4 Å². The molecule has 2 aromatic heterocycles. The molecular formula is C31H30Cl2N6O4. The molecule has 0 bridgehead atoms. The highest BCUT2D eigenvalue weighted by atomic mass is 35.5. The summed E-state index contributed by atoms with van der Waals surface area (Å²) in [5, 5.41) is 13.6. The number of benzene rings is 2. The molecule has 5 rings (SSSR count). The number of pyridine rings is 1. The van der Waals surface area contributed by atoms with Crippen molar-refractivity contribution in [3.05, 3.63) is 91.8 Å². The zero-order valence-corrected chi connectivity index (χ0v) is 25.3. The number of anilines is 1. The number of hydrogen-bond donors (Lipinski definition) is 3. The highest BCUT2D eigenvalue weighted by Crippen LogP contribution is 2.41. The quantitative estimate of drug-likeness (QED) is 0.246. The Morgan fingerprint density at radius 3 is 2.53 bits per heavy atom. The number of carbonyl (C=O) groups is 2. The van der Waals surface area contributed by atoms with E-state index in [-0.39, 0.29) is 22.5 Å². The van der Waals surface area contributed by atoms with Crippen LogP contribution in [0.15, 0.2) is 59.5 Å². The van der Waals surface area contributed by atoms with E-state index in [0.29, 0.717) is 58.5 Å². The van der Waals surface area contributed by atoms with E-state index in [2.05, 4.69) is 21.0 Å². The zero-order chi connectivity index (χ0) is 30.7. The fraction of sp³-hybridized carbons (Fsp3) is 0.258. The largest absolute Gasteiger partial charge is 0.481 e. The van der Waals surface area contributed by atoms with Crippen LogP contribution < -0.4 is 26.2 Å². The third kappa shape index (κ3) is 6.41. The van der Waals surface area contributed by atoms with E-state index < -0.39 is 11.5 Å². The van der Waals surface area contributed by atoms with Crippen molar-refractivity contribution in [1.29, 1.82) is 0 Å². The second kappa shape index (κ2) is 12.9. The summed E-state index contributed by atoms with van der Waals surface area (Å²) in [6, 6.07) is 14.2. The van der Waals surface area contributed by atoms with Crippen LogP contribution in [0.5, 0.6) is 5.88 Å². The van der Waals surface area contributed by atoms with Crippen molar-refractivity contribution in [2.45, 2.75) is 32.4 Å². The summed E-state index contributed by atoms with van der Waals surface area (Å²) in [5.74, 6) is -0.0406. The molecule has 0 aliphatic carbocycles. The molecule has 0 spiro atoms. The fourth-order valence-corrected chi connectivity index (χ4v) is 5.64. The van der Waals surface area contributed by atoms with Crippen LogP contribution in [-0.4, -0.2) is 46.3 Å². The molecule has 0 unspecified atom stereocenters. The summed E-state index contributed by atoms with van der Waals surface area (Å²) in [7, 11) is 3.04. The summed E-state index contributed by atoms with van der Waals surface area (Å²) in [6.07, 6.45) is 2.75. The summed E-state index contributed by atoms with van der Waals surface area (Å²) < 4.78 is 6.74. The molecule has 4 aromatic rings. The van der Waals surface area contributed by atoms with Crippen molar-refractivity contribution in [1.82, 2.24) is 25.4 Å². The van der Waals surface area contributed by atoms with E-state index in [0.717, 1.165) is 22.2 Å². The molecule has 1 atom stereocenters. The van der Waals surface area contributed by atoms with Gasteiger partial charge in [-0.3, -0.25) is 14.4 Å². The van der Waals surface area contributed by atoms with Gasteiger partial charge in [-0.2, -0.15) is 5.10 Å². The van der Waals surface area contributed by atoms with Gasteiger partial charge in [-0.15, -0.1) is 0 Å². The summed E-state index contributed by atoms with van der Waals surface area (Å²) >= 11 is 13.8. The Morgan fingerprint density at radius 1 is 1.09 bits per heavy atom. The van der Waals surface area contributed by atoms with Gasteiger partial charge in [0, 0.05) is 61.1 Å². The van der Waals surface area contributed by atoms with E-state index in [9.17, 15) is 14.4 Å². The molecule has 2 amide bonds. The molecule has 1 saturated heterocycles. The molecular weight excluding hydrogens is 591 g/mol. The average Bonchev–Trinajstić information content (AvgIpc) is 3.41. The third-order valence-electron chi connectivity index (χ3n) is 7.34. The lowest BCUT2D eigenvalue weighted by atomic mass is 9.99. The lowest BCUT2D eigenvalue weighted by Gasteiger charge is -2.17. The second-order valence-corrected chi connectivity index (χ2v) is 11.0. The molecule has 1 aliphatic heterocycles. The summed E-state index contributed by atoms with van der Waals surface area (Å²) in [4.78, 5) is 41.5. The standard InChI is InChI=1S/C31H30Cl2N6O4/c1-17-14-25(38-30(43-3)23(17)16-34-15-18-10-11-26(40)36-18)21-8-4-6-19(27(21)32)20-7-5-9-24(28(20)33)37-29(41)22-12-13-35-39(2)31(22)42/h4-9,12-14,18,34H,10-11,15-16H2,1-3H3,(H,36,40)(H,37,41)/t18-/m0/s1. The van der Waals surface area contributed by atoms with Crippen molar-refractivity contribution >= 4 is 40.7 Å². The van der Waals surface area contributed by atoms with Gasteiger partial charge < -0.3 is 20.7 Å². The Hall–Kier alpha value is -4.25. The maximum absolute atomic E-state index is 12.9. The molecule has 3 heterocycles. The number of carbonyl (C=O) groups excluding carboxylic acids is 2. The molecule has 1 fully saturated rings. The van der Waals surface area contributed by atoms with E-state index in [1.165, 1.54) is 19.3 Å². The van der Waals surface area contributed by atoms with Crippen LogP contribution >= 0.6 is 23.2 Å². The molecule has 0 saturated carbocycles. The monoisotopic (exact) mass is 620 g/mol. The van der Waals surface area contributed by atoms with Crippen LogP contribution in [0.3, 0.4) is 0 Å². The van der Waals surface area contributed by atoms with Gasteiger partial charge in [0.2, 0.25) is 11.8 Å². The van der Waals surface area contributed by atoms with Crippen LogP contribution in [0.2, 0.25) is 10.0 Å². The Kier molecular flexibility index (Phi) is 9.10. The second-order valence-electron chi connectivity index (χ2n) is 10.2. The van der Waals surface area contributed by atoms with Crippen molar-refractivity contribution in [2.75, 3.05) is 19.0 Å². The number of nitrogens with zero attached hydrogens (tertiary/aromatic N) is 3. The summed E-state index contributed by atoms with van der Waals surface area (Å²) in [6.45, 7) is 3.17. The van der Waals surface area contributed by atoms with Gasteiger partial charge >= 0.3 is 0 Å². The van der Waals surface area contributed by atoms with E-state index in [1.807, 2.05) is 31.2 Å². The maximum atomic E-state index is 12.9. The van der Waals surface area contributed by atoms with Crippen molar-refractivity contribution in [2.24, 2.45) is 7.05 Å². The van der Waals surface area contributed by atoms with Gasteiger partial charge in [0.05, 0.1) is 28.5 Å². The minimum Gasteiger partial charge on any atom is -0.481 e. The highest BCUT2D eigenvalue weighted by Gasteiger charge is 2.22. The third-order valence-corrected chi connectivity index (χ3v) is 8.16. The number of hydrogen-bond acceptors (Lipinski definition) is 7. The molecule has 222 valence electrons. The van der Waals surface area contributed by atoms with Crippen LogP contribution in [0.1, 0.15) is 34.3 Å². The predicted octanol–water partition coefficient (Wildman–Crippen LogP) is 4.75. The van der Waals surface area contributed by atoms with Gasteiger partial charge in [-0.1, -0.05) is 53.5 Å². The van der Waals surface area contributed by atoms with Crippen LogP contribution in [0.4, 0.5) is 5.69 Å². The van der Waals surface area contributed by atoms with Gasteiger partial charge in [-0.05, 0) is 37.1 Å². The SMILES string of the molecule is COc1nc(-c2cccc(-c3cccc(NC(=O)c4ccnn(C)c4=O)c3Cl)c2Cl)cc(C)c1CNC[C@@H]1CCC(=O)N1. The normalized spacial score (nSPS) is 14.4. The number of aromatic nitrogens is 3. The first-order valence-electron chi connectivity index (χ1n) is 13.6. The van der Waals surface area contributed by atoms with Crippen molar-refractivity contribution in [3.63, 3.8) is 0 Å². The number of ether oxygens (including phenoxy) is 1. The minimum atomic E-state index is -0.601. The Labute approximate surface area is 258 Å². The minimum absolute atomic E-state index is 0.0571. The van der Waals surface area contributed by atoms with Gasteiger partial charge in [0.15, 0.2) is 0 Å². The van der Waals surface area contributed by atoms with E-state index in [4.69, 9.17) is 32.9 Å². The number of halogens is 2. The zero-order valence-electron chi connectivity index (χ0n) is 23.8. The Balaban J connectivity index is 1.42. The summed E-state index contributed by atoms with van der Waals surface area (Å²) in [5.41, 5.74) is 4.18. The maximum Gasteiger partial charge on any atom is 0.279 e. The molecule has 1 aliphatic rings. The Bertz CT molecular complexity index is 1770. The van der Waals surface area contributed by atoms with Crippen molar-refractivity contribution in [3.8, 4) is 28.3 Å². The molecule has 10 nitrogen and oxygen atoms in total. The first-order chi connectivity index (χ1) is 20.7. The molecule has 12 heteroatoms. The molecule has 2 aromatic carbocycles. The first-order valence-corrected chi connectivity index (χ1v) is 14.4. The molecule has 0 radical (unpaired) electrons. The average molecular weight is 622 g/mol. The first kappa shape index (κ1) is 30.2. The van der Waals surface area contributed by atoms with E-state index >= 15 is 0 Å². The van der Waals surface area contributed by atoms with E-state index in [1.54, 1.807) is 25.3 Å². The van der Waals surface area contributed by atoms with Gasteiger partial charge in [0.1, 0.15) is 5.56 Å². The predicted molar refractivity (Wildman–Crippen MR) is 167 cm³/mol. The Morgan fingerprint density at radius 2 is 1.81 bits per heavy atom. The number of amides is 2. The van der Waals surface area contributed by atoms with Crippen LogP contribution in [-0.2, 0) is 18.4 Å². The number of methoxy groups -OCH3 is 1. The smallest absolute Gasteiger partial charge is 0.279 e. The van der Waals surface area contributed by atoms with Crippen molar-refractivity contribution < 1.29 is 14.3 Å². The topological polar surface area (TPSA) is 127 Å². The highest BCUT2D eigenvalue weighted by molar-refractivity contribution is 6.39. The number of nitrogens with one attached hydrogen (secondary N) is 3. The van der Waals surface area contributed by atoms with Crippen LogP contribution in [0, 0.1) is 6.92 Å². The van der Waals surface area contributed by atoms with Gasteiger partial charge in [-0.25, -0.2) is 9.67 Å². The molecule has 43 heavy (non-hydrogen) atoms. The molecule has 3 N–H and O–H groups in total. The lowest BCUT2D eigenvalue weighted by Crippen LogP contribution is -2.35.